The lowest BCUT2D eigenvalue weighted by Crippen LogP contribution is -2.48. The van der Waals surface area contributed by atoms with Crippen molar-refractivity contribution in [3.05, 3.63) is 0 Å². The van der Waals surface area contributed by atoms with E-state index in [4.69, 9.17) is 0 Å². The first kappa shape index (κ1) is 15.5. The predicted octanol–water partition coefficient (Wildman–Crippen LogP) is 2.33. The Bertz CT molecular complexity index is 373. The number of likely N-dealkylation sites (N-methyl/N-ethyl adjacent to an activating group) is 1. The highest BCUT2D eigenvalue weighted by atomic mass is 16.2. The molecule has 0 spiro atoms. The zero-order valence-electron chi connectivity index (χ0n) is 13.1. The Kier molecular flexibility index (Phi) is 4.84. The Morgan fingerprint density at radius 1 is 1.25 bits per heavy atom. The highest BCUT2D eigenvalue weighted by Crippen LogP contribution is 2.33. The zero-order chi connectivity index (χ0) is 14.8. The molecule has 114 valence electrons. The van der Waals surface area contributed by atoms with E-state index in [1.807, 2.05) is 13.8 Å². The number of nitrogens with one attached hydrogen (secondary N) is 1. The van der Waals surface area contributed by atoms with Crippen molar-refractivity contribution in [2.45, 2.75) is 65.3 Å². The third-order valence-electron chi connectivity index (χ3n) is 4.78. The third kappa shape index (κ3) is 3.22. The lowest BCUT2D eigenvalue weighted by Gasteiger charge is -2.33. The maximum Gasteiger partial charge on any atom is 0.235 e. The van der Waals surface area contributed by atoms with Gasteiger partial charge in [-0.25, -0.2) is 0 Å². The second kappa shape index (κ2) is 6.25. The lowest BCUT2D eigenvalue weighted by atomic mass is 9.83. The first-order valence-corrected chi connectivity index (χ1v) is 8.04. The predicted molar refractivity (Wildman–Crippen MR) is 79.2 cm³/mol. The molecule has 4 heteroatoms. The van der Waals surface area contributed by atoms with Gasteiger partial charge in [0.15, 0.2) is 0 Å². The Balaban J connectivity index is 2.04. The minimum atomic E-state index is -0.513. The van der Waals surface area contributed by atoms with Crippen LogP contribution in [0.1, 0.15) is 59.3 Å². The Morgan fingerprint density at radius 3 is 2.40 bits per heavy atom. The molecule has 4 nitrogen and oxygen atoms in total. The van der Waals surface area contributed by atoms with Gasteiger partial charge in [0.2, 0.25) is 11.8 Å². The van der Waals surface area contributed by atoms with Crippen LogP contribution in [0, 0.1) is 11.3 Å². The van der Waals surface area contributed by atoms with Gasteiger partial charge in [0.05, 0.1) is 5.41 Å². The molecule has 1 saturated heterocycles. The van der Waals surface area contributed by atoms with Gasteiger partial charge in [0.1, 0.15) is 0 Å². The van der Waals surface area contributed by atoms with Gasteiger partial charge in [-0.2, -0.15) is 0 Å². The second-order valence-electron chi connectivity index (χ2n) is 6.93. The number of hydrogen-bond donors (Lipinski definition) is 1. The van der Waals surface area contributed by atoms with Gasteiger partial charge >= 0.3 is 0 Å². The summed E-state index contributed by atoms with van der Waals surface area (Å²) in [5.41, 5.74) is -0.513. The molecule has 1 atom stereocenters. The topological polar surface area (TPSA) is 49.4 Å². The van der Waals surface area contributed by atoms with Crippen molar-refractivity contribution in [2.24, 2.45) is 11.3 Å². The molecular weight excluding hydrogens is 252 g/mol. The summed E-state index contributed by atoms with van der Waals surface area (Å²) in [4.78, 5) is 25.9. The summed E-state index contributed by atoms with van der Waals surface area (Å²) in [6.45, 7) is 7.28. The molecule has 0 aromatic heterocycles. The molecule has 0 aromatic rings. The first-order chi connectivity index (χ1) is 9.45. The highest BCUT2D eigenvalue weighted by molar-refractivity contribution is 6.05. The number of likely N-dealkylation sites (tertiary alicyclic amines) is 1. The summed E-state index contributed by atoms with van der Waals surface area (Å²) < 4.78 is 0. The summed E-state index contributed by atoms with van der Waals surface area (Å²) in [7, 11) is 0. The largest absolute Gasteiger partial charge is 0.312 e. The van der Waals surface area contributed by atoms with Crippen LogP contribution in [0.5, 0.6) is 0 Å². The van der Waals surface area contributed by atoms with Gasteiger partial charge in [0, 0.05) is 19.0 Å². The molecule has 1 saturated carbocycles. The van der Waals surface area contributed by atoms with E-state index >= 15 is 0 Å². The second-order valence-corrected chi connectivity index (χ2v) is 6.93. The van der Waals surface area contributed by atoms with Crippen LogP contribution in [0.2, 0.25) is 0 Å². The summed E-state index contributed by atoms with van der Waals surface area (Å²) >= 11 is 0. The zero-order valence-corrected chi connectivity index (χ0v) is 13.1. The number of amides is 2. The molecule has 0 aromatic carbocycles. The summed E-state index contributed by atoms with van der Waals surface area (Å²) in [6.07, 6.45) is 6.67. The van der Waals surface area contributed by atoms with Crippen molar-refractivity contribution < 1.29 is 9.59 Å². The van der Waals surface area contributed by atoms with Crippen molar-refractivity contribution in [1.82, 2.24) is 10.2 Å². The molecule has 0 radical (unpaired) electrons. The number of nitrogens with zero attached hydrogens (tertiary/aromatic N) is 1. The summed E-state index contributed by atoms with van der Waals surface area (Å²) in [5.74, 6) is 0.605. The molecule has 1 aliphatic heterocycles. The van der Waals surface area contributed by atoms with Gasteiger partial charge < -0.3 is 5.32 Å². The Labute approximate surface area is 122 Å². The maximum atomic E-state index is 12.3. The van der Waals surface area contributed by atoms with E-state index < -0.39 is 5.41 Å². The minimum Gasteiger partial charge on any atom is -0.312 e. The molecule has 0 bridgehead atoms. The standard InChI is InChI=1S/C16H28N2O2/c1-4-17-13(12-8-6-5-7-9-12)11-18-14(19)10-16(2,3)15(18)20/h12-13,17H,4-11H2,1-3H3. The van der Waals surface area contributed by atoms with Crippen LogP contribution in [0.15, 0.2) is 0 Å². The van der Waals surface area contributed by atoms with E-state index in [9.17, 15) is 9.59 Å². The van der Waals surface area contributed by atoms with Crippen molar-refractivity contribution in [3.8, 4) is 0 Å². The van der Waals surface area contributed by atoms with Crippen LogP contribution in [-0.2, 0) is 9.59 Å². The van der Waals surface area contributed by atoms with E-state index in [1.54, 1.807) is 0 Å². The fourth-order valence-corrected chi connectivity index (χ4v) is 3.59. The SMILES string of the molecule is CCNC(CN1C(=O)CC(C)(C)C1=O)C1CCCCC1. The van der Waals surface area contributed by atoms with Gasteiger partial charge in [-0.05, 0) is 25.3 Å². The normalized spacial score (nSPS) is 25.2. The number of hydrogen-bond acceptors (Lipinski definition) is 3. The molecule has 20 heavy (non-hydrogen) atoms. The van der Waals surface area contributed by atoms with Crippen molar-refractivity contribution in [3.63, 3.8) is 0 Å². The number of carbonyl (C=O) groups excluding carboxylic acids is 2. The fourth-order valence-electron chi connectivity index (χ4n) is 3.59. The van der Waals surface area contributed by atoms with Crippen LogP contribution < -0.4 is 5.32 Å². The number of rotatable bonds is 5. The lowest BCUT2D eigenvalue weighted by molar-refractivity contribution is -0.141. The van der Waals surface area contributed by atoms with Crippen LogP contribution in [-0.4, -0.2) is 35.8 Å². The summed E-state index contributed by atoms with van der Waals surface area (Å²) in [6, 6.07) is 0.266. The van der Waals surface area contributed by atoms with Gasteiger partial charge in [-0.1, -0.05) is 40.0 Å². The van der Waals surface area contributed by atoms with E-state index in [2.05, 4.69) is 12.2 Å². The van der Waals surface area contributed by atoms with Crippen LogP contribution in [0.4, 0.5) is 0 Å². The molecule has 2 amide bonds. The van der Waals surface area contributed by atoms with Crippen LogP contribution in [0.3, 0.4) is 0 Å². The molecule has 1 aliphatic carbocycles. The Hall–Kier alpha value is -0.900. The van der Waals surface area contributed by atoms with Crippen molar-refractivity contribution >= 4 is 11.8 Å². The highest BCUT2D eigenvalue weighted by Gasteiger charge is 2.45. The molecule has 1 unspecified atom stereocenters. The average Bonchev–Trinajstić information content (AvgIpc) is 2.61. The molecule has 1 heterocycles. The smallest absolute Gasteiger partial charge is 0.235 e. The number of carbonyl (C=O) groups is 2. The molecule has 2 rings (SSSR count). The molecular formula is C16H28N2O2. The Morgan fingerprint density at radius 2 is 1.90 bits per heavy atom. The van der Waals surface area contributed by atoms with E-state index in [1.165, 1.54) is 37.0 Å². The first-order valence-electron chi connectivity index (χ1n) is 8.04. The third-order valence-corrected chi connectivity index (χ3v) is 4.78. The van der Waals surface area contributed by atoms with E-state index in [0.717, 1.165) is 6.54 Å². The monoisotopic (exact) mass is 280 g/mol. The van der Waals surface area contributed by atoms with Gasteiger partial charge in [-0.3, -0.25) is 14.5 Å². The van der Waals surface area contributed by atoms with Gasteiger partial charge in [-0.15, -0.1) is 0 Å². The summed E-state index contributed by atoms with van der Waals surface area (Å²) in [5, 5.41) is 3.50. The average molecular weight is 280 g/mol. The maximum absolute atomic E-state index is 12.3. The van der Waals surface area contributed by atoms with Crippen molar-refractivity contribution in [2.75, 3.05) is 13.1 Å². The number of imide groups is 1. The molecule has 1 N–H and O–H groups in total. The van der Waals surface area contributed by atoms with E-state index in [-0.39, 0.29) is 17.9 Å². The molecule has 2 aliphatic rings. The fraction of sp³-hybridized carbons (Fsp3) is 0.875. The minimum absolute atomic E-state index is 0.00112. The van der Waals surface area contributed by atoms with Crippen LogP contribution >= 0.6 is 0 Å². The van der Waals surface area contributed by atoms with Crippen LogP contribution in [0.25, 0.3) is 0 Å². The van der Waals surface area contributed by atoms with Crippen molar-refractivity contribution in [1.29, 1.82) is 0 Å². The quantitative estimate of drug-likeness (QED) is 0.786. The van der Waals surface area contributed by atoms with E-state index in [0.29, 0.717) is 18.9 Å². The van der Waals surface area contributed by atoms with Gasteiger partial charge in [0.25, 0.3) is 0 Å². The molecule has 2 fully saturated rings.